The van der Waals surface area contributed by atoms with Gasteiger partial charge in [0.1, 0.15) is 0 Å². The number of hydrogen-bond acceptors (Lipinski definition) is 4. The molecule has 2 rings (SSSR count). The lowest BCUT2D eigenvalue weighted by Gasteiger charge is -2.36. The molecular weight excluding hydrogens is 395 g/mol. The number of amides is 1. The Morgan fingerprint density at radius 2 is 1.79 bits per heavy atom. The van der Waals surface area contributed by atoms with Crippen LogP contribution in [0.2, 0.25) is 0 Å². The van der Waals surface area contributed by atoms with Gasteiger partial charge in [0.05, 0.1) is 16.5 Å². The average molecular weight is 421 g/mol. The lowest BCUT2D eigenvalue weighted by molar-refractivity contribution is -0.139. The normalized spacial score (nSPS) is 18.2. The van der Waals surface area contributed by atoms with Gasteiger partial charge in [-0.3, -0.25) is 4.79 Å². The molecule has 0 unspecified atom stereocenters. The number of halogens is 3. The Balaban J connectivity index is 2.09. The first-order chi connectivity index (χ1) is 12.9. The third-order valence-corrected chi connectivity index (χ3v) is 6.88. The number of nitrogens with one attached hydrogen (secondary N) is 2. The maximum absolute atomic E-state index is 13.1. The van der Waals surface area contributed by atoms with Crippen molar-refractivity contribution >= 4 is 15.9 Å². The minimum Gasteiger partial charge on any atom is -0.353 e. The molecule has 1 aliphatic rings. The minimum absolute atomic E-state index is 0.183. The third-order valence-electron chi connectivity index (χ3n) is 5.28. The highest BCUT2D eigenvalue weighted by molar-refractivity contribution is 7.89. The Bertz CT molecular complexity index is 804. The van der Waals surface area contributed by atoms with Gasteiger partial charge in [-0.2, -0.15) is 17.9 Å². The molecular formula is C18H26F3N3O3S. The van der Waals surface area contributed by atoms with Crippen LogP contribution in [0.5, 0.6) is 0 Å². The van der Waals surface area contributed by atoms with E-state index in [1.165, 1.54) is 13.0 Å². The summed E-state index contributed by atoms with van der Waals surface area (Å²) in [6.45, 7) is 1.66. The smallest absolute Gasteiger partial charge is 0.353 e. The van der Waals surface area contributed by atoms with Gasteiger partial charge in [-0.05, 0) is 46.0 Å². The van der Waals surface area contributed by atoms with Crippen molar-refractivity contribution < 1.29 is 26.4 Å². The standard InChI is InChI=1S/C18H26F3N3O3S/c1-13(16(25)22-12-17(24(2)3)10-6-7-11-17)23-28(26,27)15-9-5-4-8-14(15)18(19,20)21/h4-5,8-9,13,23H,6-7,10-12H2,1-3H3,(H,22,25)/t13-/m0/s1. The fraction of sp³-hybridized carbons (Fsp3) is 0.611. The second-order valence-electron chi connectivity index (χ2n) is 7.38. The fourth-order valence-electron chi connectivity index (χ4n) is 3.50. The van der Waals surface area contributed by atoms with Gasteiger partial charge >= 0.3 is 6.18 Å². The summed E-state index contributed by atoms with van der Waals surface area (Å²) in [5, 5.41) is 2.74. The van der Waals surface area contributed by atoms with Crippen molar-refractivity contribution in [3.8, 4) is 0 Å². The largest absolute Gasteiger partial charge is 0.417 e. The van der Waals surface area contributed by atoms with E-state index in [0.717, 1.165) is 37.8 Å². The van der Waals surface area contributed by atoms with Crippen molar-refractivity contribution in [2.24, 2.45) is 0 Å². The molecule has 0 aliphatic heterocycles. The third kappa shape index (κ3) is 5.03. The Morgan fingerprint density at radius 3 is 2.32 bits per heavy atom. The second kappa shape index (κ2) is 8.38. The van der Waals surface area contributed by atoms with E-state index >= 15 is 0 Å². The molecule has 1 aromatic carbocycles. The zero-order valence-electron chi connectivity index (χ0n) is 16.1. The minimum atomic E-state index is -4.82. The lowest BCUT2D eigenvalue weighted by atomic mass is 9.96. The first-order valence-corrected chi connectivity index (χ1v) is 10.5. The van der Waals surface area contributed by atoms with Crippen molar-refractivity contribution in [3.63, 3.8) is 0 Å². The van der Waals surface area contributed by atoms with Crippen LogP contribution >= 0.6 is 0 Å². The predicted molar refractivity (Wildman–Crippen MR) is 99.1 cm³/mol. The number of benzene rings is 1. The van der Waals surface area contributed by atoms with E-state index in [0.29, 0.717) is 12.6 Å². The monoisotopic (exact) mass is 421 g/mol. The van der Waals surface area contributed by atoms with Crippen molar-refractivity contribution in [2.45, 2.75) is 55.3 Å². The fourth-order valence-corrected chi connectivity index (χ4v) is 4.94. The van der Waals surface area contributed by atoms with Gasteiger partial charge in [-0.1, -0.05) is 25.0 Å². The Hall–Kier alpha value is -1.65. The molecule has 1 aromatic rings. The maximum atomic E-state index is 13.1. The lowest BCUT2D eigenvalue weighted by Crippen LogP contribution is -2.54. The SMILES string of the molecule is C[C@H](NS(=O)(=O)c1ccccc1C(F)(F)F)C(=O)NCC1(N(C)C)CCCC1. The summed E-state index contributed by atoms with van der Waals surface area (Å²) in [4.78, 5) is 13.5. The van der Waals surface area contributed by atoms with Crippen LogP contribution < -0.4 is 10.0 Å². The molecule has 10 heteroatoms. The summed E-state index contributed by atoms with van der Waals surface area (Å²) in [6, 6.07) is 2.66. The van der Waals surface area contributed by atoms with Crippen molar-refractivity contribution in [1.29, 1.82) is 0 Å². The van der Waals surface area contributed by atoms with E-state index < -0.39 is 38.6 Å². The molecule has 6 nitrogen and oxygen atoms in total. The summed E-state index contributed by atoms with van der Waals surface area (Å²) in [7, 11) is -0.672. The Kier molecular flexibility index (Phi) is 6.78. The molecule has 0 heterocycles. The Morgan fingerprint density at radius 1 is 1.21 bits per heavy atom. The van der Waals surface area contributed by atoms with E-state index in [1.54, 1.807) is 0 Å². The van der Waals surface area contributed by atoms with Crippen molar-refractivity contribution in [2.75, 3.05) is 20.6 Å². The number of carbonyl (C=O) groups is 1. The highest BCUT2D eigenvalue weighted by Gasteiger charge is 2.39. The van der Waals surface area contributed by atoms with Crippen LogP contribution in [0, 0.1) is 0 Å². The summed E-state index contributed by atoms with van der Waals surface area (Å²) >= 11 is 0. The number of rotatable bonds is 7. The van der Waals surface area contributed by atoms with Gasteiger partial charge in [0.15, 0.2) is 0 Å². The number of alkyl halides is 3. The molecule has 1 atom stereocenters. The Labute approximate surface area is 163 Å². The van der Waals surface area contributed by atoms with Gasteiger partial charge in [-0.15, -0.1) is 0 Å². The van der Waals surface area contributed by atoms with Crippen molar-refractivity contribution in [3.05, 3.63) is 29.8 Å². The van der Waals surface area contributed by atoms with Gasteiger partial charge in [-0.25, -0.2) is 8.42 Å². The van der Waals surface area contributed by atoms with Gasteiger partial charge in [0.25, 0.3) is 0 Å². The molecule has 0 aromatic heterocycles. The van der Waals surface area contributed by atoms with Crippen LogP contribution in [0.3, 0.4) is 0 Å². The van der Waals surface area contributed by atoms with E-state index in [2.05, 4.69) is 10.2 Å². The van der Waals surface area contributed by atoms with Crippen LogP contribution in [-0.2, 0) is 21.0 Å². The number of sulfonamides is 1. The molecule has 0 radical (unpaired) electrons. The van der Waals surface area contributed by atoms with Crippen LogP contribution in [0.4, 0.5) is 13.2 Å². The molecule has 1 saturated carbocycles. The molecule has 0 spiro atoms. The number of hydrogen-bond donors (Lipinski definition) is 2. The van der Waals surface area contributed by atoms with E-state index in [1.807, 2.05) is 18.8 Å². The van der Waals surface area contributed by atoms with E-state index in [-0.39, 0.29) is 5.54 Å². The first kappa shape index (κ1) is 22.6. The van der Waals surface area contributed by atoms with Gasteiger partial charge < -0.3 is 10.2 Å². The summed E-state index contributed by atoms with van der Waals surface area (Å²) in [6.07, 6.45) is -0.898. The summed E-state index contributed by atoms with van der Waals surface area (Å²) < 4.78 is 66.3. The number of nitrogens with zero attached hydrogens (tertiary/aromatic N) is 1. The molecule has 1 fully saturated rings. The average Bonchev–Trinajstić information content (AvgIpc) is 3.09. The molecule has 1 amide bonds. The molecule has 2 N–H and O–H groups in total. The highest BCUT2D eigenvalue weighted by atomic mass is 32.2. The van der Waals surface area contributed by atoms with Crippen LogP contribution in [0.25, 0.3) is 0 Å². The topological polar surface area (TPSA) is 78.5 Å². The van der Waals surface area contributed by atoms with E-state index in [4.69, 9.17) is 0 Å². The number of carbonyl (C=O) groups excluding carboxylic acids is 1. The molecule has 158 valence electrons. The maximum Gasteiger partial charge on any atom is 0.417 e. The predicted octanol–water partition coefficient (Wildman–Crippen LogP) is 2.36. The first-order valence-electron chi connectivity index (χ1n) is 9.03. The van der Waals surface area contributed by atoms with Crippen LogP contribution in [0.15, 0.2) is 29.2 Å². The summed E-state index contributed by atoms with van der Waals surface area (Å²) in [5.74, 6) is -0.582. The quantitative estimate of drug-likeness (QED) is 0.709. The molecule has 1 aliphatic carbocycles. The van der Waals surface area contributed by atoms with Crippen molar-refractivity contribution in [1.82, 2.24) is 14.9 Å². The highest BCUT2D eigenvalue weighted by Crippen LogP contribution is 2.34. The zero-order valence-corrected chi connectivity index (χ0v) is 17.0. The zero-order chi connectivity index (χ0) is 21.2. The summed E-state index contributed by atoms with van der Waals surface area (Å²) in [5.41, 5.74) is -1.45. The van der Waals surface area contributed by atoms with Crippen LogP contribution in [-0.4, -0.2) is 51.4 Å². The second-order valence-corrected chi connectivity index (χ2v) is 9.06. The van der Waals surface area contributed by atoms with Crippen LogP contribution in [0.1, 0.15) is 38.2 Å². The number of likely N-dealkylation sites (N-methyl/N-ethyl adjacent to an activating group) is 1. The molecule has 0 saturated heterocycles. The van der Waals surface area contributed by atoms with Gasteiger partial charge in [0.2, 0.25) is 15.9 Å². The van der Waals surface area contributed by atoms with E-state index in [9.17, 15) is 26.4 Å². The molecule has 28 heavy (non-hydrogen) atoms. The van der Waals surface area contributed by atoms with Gasteiger partial charge in [0, 0.05) is 12.1 Å². The molecule has 0 bridgehead atoms.